The fourth-order valence-electron chi connectivity index (χ4n) is 3.23. The van der Waals surface area contributed by atoms with E-state index in [1.54, 1.807) is 17.0 Å². The zero-order chi connectivity index (χ0) is 20.5. The van der Waals surface area contributed by atoms with Crippen LogP contribution in [0.25, 0.3) is 0 Å². The highest BCUT2D eigenvalue weighted by Crippen LogP contribution is 2.18. The molecule has 1 aliphatic rings. The van der Waals surface area contributed by atoms with Crippen LogP contribution >= 0.6 is 0 Å². The topological polar surface area (TPSA) is 61.9 Å². The number of hydrogen-bond donors (Lipinski definition) is 1. The van der Waals surface area contributed by atoms with E-state index in [-0.39, 0.29) is 36.1 Å². The molecule has 1 aliphatic heterocycles. The number of carbonyl (C=O) groups excluding carboxylic acids is 2. The first-order chi connectivity index (χ1) is 13.4. The van der Waals surface area contributed by atoms with Crippen LogP contribution in [0.2, 0.25) is 0 Å². The molecule has 1 saturated heterocycles. The van der Waals surface area contributed by atoms with Crippen molar-refractivity contribution in [2.75, 3.05) is 39.3 Å². The fraction of sp³-hybridized carbons (Fsp3) is 0.619. The molecule has 2 amide bonds. The summed E-state index contributed by atoms with van der Waals surface area (Å²) >= 11 is 0. The highest BCUT2D eigenvalue weighted by molar-refractivity contribution is 5.85. The number of ether oxygens (including phenoxy) is 1. The lowest BCUT2D eigenvalue weighted by Gasteiger charge is -2.38. The summed E-state index contributed by atoms with van der Waals surface area (Å²) < 4.78 is 18.7. The van der Waals surface area contributed by atoms with Crippen LogP contribution in [0.1, 0.15) is 33.6 Å². The van der Waals surface area contributed by atoms with Crippen LogP contribution in [0.5, 0.6) is 5.75 Å². The Bertz CT molecular complexity index is 646. The Labute approximate surface area is 167 Å². The summed E-state index contributed by atoms with van der Waals surface area (Å²) in [6, 6.07) is 6.10. The number of para-hydroxylation sites is 1. The number of hydrogen-bond acceptors (Lipinski definition) is 4. The van der Waals surface area contributed by atoms with E-state index in [0.29, 0.717) is 13.1 Å². The molecule has 1 heterocycles. The summed E-state index contributed by atoms with van der Waals surface area (Å²) in [4.78, 5) is 28.3. The van der Waals surface area contributed by atoms with Gasteiger partial charge in [-0.2, -0.15) is 0 Å². The Morgan fingerprint density at radius 3 is 2.61 bits per heavy atom. The lowest BCUT2D eigenvalue weighted by atomic mass is 9.98. The van der Waals surface area contributed by atoms with Gasteiger partial charge in [-0.3, -0.25) is 9.59 Å². The predicted molar refractivity (Wildman–Crippen MR) is 107 cm³/mol. The number of amides is 2. The van der Waals surface area contributed by atoms with E-state index in [0.717, 1.165) is 32.5 Å². The molecule has 1 aromatic rings. The molecule has 0 bridgehead atoms. The van der Waals surface area contributed by atoms with Gasteiger partial charge in [0, 0.05) is 19.1 Å². The van der Waals surface area contributed by atoms with Gasteiger partial charge >= 0.3 is 0 Å². The molecule has 0 spiro atoms. The van der Waals surface area contributed by atoms with E-state index < -0.39 is 5.82 Å². The van der Waals surface area contributed by atoms with Gasteiger partial charge in [-0.05, 0) is 51.5 Å². The molecule has 156 valence electrons. The van der Waals surface area contributed by atoms with Gasteiger partial charge in [0.1, 0.15) is 0 Å². The van der Waals surface area contributed by atoms with Gasteiger partial charge < -0.3 is 19.9 Å². The first kappa shape index (κ1) is 22.1. The van der Waals surface area contributed by atoms with Crippen molar-refractivity contribution < 1.29 is 18.7 Å². The van der Waals surface area contributed by atoms with Crippen molar-refractivity contribution in [3.63, 3.8) is 0 Å². The van der Waals surface area contributed by atoms with Crippen LogP contribution in [0.4, 0.5) is 4.39 Å². The minimum atomic E-state index is -0.494. The molecule has 28 heavy (non-hydrogen) atoms. The maximum atomic E-state index is 13.5. The van der Waals surface area contributed by atoms with Crippen LogP contribution in [-0.2, 0) is 9.59 Å². The molecule has 0 aliphatic carbocycles. The summed E-state index contributed by atoms with van der Waals surface area (Å²) in [5.41, 5.74) is 0. The molecule has 0 saturated carbocycles. The Balaban J connectivity index is 1.63. The molecule has 1 atom stereocenters. The van der Waals surface area contributed by atoms with Gasteiger partial charge in [0.15, 0.2) is 18.2 Å². The minimum Gasteiger partial charge on any atom is -0.481 e. The third kappa shape index (κ3) is 6.48. The van der Waals surface area contributed by atoms with E-state index >= 15 is 0 Å². The van der Waals surface area contributed by atoms with Gasteiger partial charge in [0.2, 0.25) is 5.91 Å². The molecular formula is C21H32FN3O3. The normalized spacial score (nSPS) is 15.2. The number of rotatable bonds is 11. The molecule has 1 aromatic carbocycles. The van der Waals surface area contributed by atoms with Crippen LogP contribution in [0.3, 0.4) is 0 Å². The van der Waals surface area contributed by atoms with Crippen molar-refractivity contribution in [1.29, 1.82) is 0 Å². The summed E-state index contributed by atoms with van der Waals surface area (Å²) in [5, 5.41) is 3.04. The first-order valence-corrected chi connectivity index (χ1v) is 10.1. The Morgan fingerprint density at radius 1 is 1.29 bits per heavy atom. The van der Waals surface area contributed by atoms with E-state index in [1.807, 2.05) is 6.92 Å². The average Bonchev–Trinajstić information content (AvgIpc) is 2.63. The Kier molecular flexibility index (Phi) is 8.70. The largest absolute Gasteiger partial charge is 0.481 e. The predicted octanol–water partition coefficient (Wildman–Crippen LogP) is 2.29. The quantitative estimate of drug-likeness (QED) is 0.627. The van der Waals surface area contributed by atoms with Crippen LogP contribution in [0, 0.1) is 11.7 Å². The molecule has 6 nitrogen and oxygen atoms in total. The molecule has 0 radical (unpaired) electrons. The van der Waals surface area contributed by atoms with Crippen molar-refractivity contribution in [1.82, 2.24) is 15.1 Å². The number of carbonyl (C=O) groups is 2. The number of nitrogens with zero attached hydrogens (tertiary/aromatic N) is 2. The SMILES string of the molecule is CCN(CC)CCCC(C)NC(=O)C1CN(C(=O)COc2ccccc2F)C1. The third-order valence-electron chi connectivity index (χ3n) is 5.19. The maximum Gasteiger partial charge on any atom is 0.260 e. The number of benzene rings is 1. The Morgan fingerprint density at radius 2 is 1.96 bits per heavy atom. The molecule has 7 heteroatoms. The summed E-state index contributed by atoms with van der Waals surface area (Å²) in [7, 11) is 0. The van der Waals surface area contributed by atoms with Crippen molar-refractivity contribution in [3.8, 4) is 5.75 Å². The zero-order valence-electron chi connectivity index (χ0n) is 17.1. The highest BCUT2D eigenvalue weighted by atomic mass is 19.1. The lowest BCUT2D eigenvalue weighted by molar-refractivity contribution is -0.144. The van der Waals surface area contributed by atoms with E-state index in [1.165, 1.54) is 12.1 Å². The third-order valence-corrected chi connectivity index (χ3v) is 5.19. The second-order valence-corrected chi connectivity index (χ2v) is 7.29. The second kappa shape index (κ2) is 11.0. The molecular weight excluding hydrogens is 361 g/mol. The van der Waals surface area contributed by atoms with Gasteiger partial charge in [-0.15, -0.1) is 0 Å². The molecule has 2 rings (SSSR count). The average molecular weight is 394 g/mol. The monoisotopic (exact) mass is 393 g/mol. The molecule has 1 unspecified atom stereocenters. The molecule has 1 N–H and O–H groups in total. The smallest absolute Gasteiger partial charge is 0.260 e. The fourth-order valence-corrected chi connectivity index (χ4v) is 3.23. The van der Waals surface area contributed by atoms with E-state index in [4.69, 9.17) is 4.74 Å². The van der Waals surface area contributed by atoms with Crippen molar-refractivity contribution >= 4 is 11.8 Å². The summed E-state index contributed by atoms with van der Waals surface area (Å²) in [5.74, 6) is -0.855. The lowest BCUT2D eigenvalue weighted by Crippen LogP contribution is -2.57. The van der Waals surface area contributed by atoms with Crippen molar-refractivity contribution in [2.24, 2.45) is 5.92 Å². The standard InChI is InChI=1S/C21H32FN3O3/c1-4-24(5-2)12-8-9-16(3)23-21(27)17-13-25(14-17)20(26)15-28-19-11-7-6-10-18(19)22/h6-7,10-11,16-17H,4-5,8-9,12-15H2,1-3H3,(H,23,27). The van der Waals surface area contributed by atoms with Gasteiger partial charge in [0.25, 0.3) is 5.91 Å². The highest BCUT2D eigenvalue weighted by Gasteiger charge is 2.36. The van der Waals surface area contributed by atoms with Crippen molar-refractivity contribution in [3.05, 3.63) is 30.1 Å². The number of likely N-dealkylation sites (tertiary alicyclic amines) is 1. The number of halogens is 1. The zero-order valence-corrected chi connectivity index (χ0v) is 17.1. The van der Waals surface area contributed by atoms with Crippen molar-refractivity contribution in [2.45, 2.75) is 39.7 Å². The second-order valence-electron chi connectivity index (χ2n) is 7.29. The van der Waals surface area contributed by atoms with E-state index in [9.17, 15) is 14.0 Å². The molecule has 0 aromatic heterocycles. The van der Waals surface area contributed by atoms with Gasteiger partial charge in [-0.25, -0.2) is 4.39 Å². The van der Waals surface area contributed by atoms with Crippen LogP contribution in [0.15, 0.2) is 24.3 Å². The minimum absolute atomic E-state index is 0.00517. The Hall–Kier alpha value is -2.15. The van der Waals surface area contributed by atoms with Crippen LogP contribution < -0.4 is 10.1 Å². The molecule has 1 fully saturated rings. The summed E-state index contributed by atoms with van der Waals surface area (Å²) in [6.45, 7) is 10.0. The van der Waals surface area contributed by atoms with Crippen LogP contribution in [-0.4, -0.2) is 67.0 Å². The van der Waals surface area contributed by atoms with Gasteiger partial charge in [0.05, 0.1) is 5.92 Å². The summed E-state index contributed by atoms with van der Waals surface area (Å²) in [6.07, 6.45) is 1.99. The van der Waals surface area contributed by atoms with Gasteiger partial charge in [-0.1, -0.05) is 26.0 Å². The maximum absolute atomic E-state index is 13.5. The number of nitrogens with one attached hydrogen (secondary N) is 1. The van der Waals surface area contributed by atoms with E-state index in [2.05, 4.69) is 24.1 Å². The first-order valence-electron chi connectivity index (χ1n) is 10.1.